The lowest BCUT2D eigenvalue weighted by molar-refractivity contribution is 0.0777. The van der Waals surface area contributed by atoms with Crippen LogP contribution in [0, 0.1) is 26.7 Å². The topological polar surface area (TPSA) is 54.5 Å². The summed E-state index contributed by atoms with van der Waals surface area (Å²) in [6, 6.07) is 1.69. The number of carbonyl (C=O) groups excluding carboxylic acids is 1. The number of hydrogen-bond donors (Lipinski definition) is 0. The Bertz CT molecular complexity index is 666. The van der Waals surface area contributed by atoms with Gasteiger partial charge >= 0.3 is 0 Å². The lowest BCUT2D eigenvalue weighted by Gasteiger charge is -2.23. The van der Waals surface area contributed by atoms with Crippen molar-refractivity contribution in [1.82, 2.24) is 4.90 Å². The van der Waals surface area contributed by atoms with E-state index in [1.54, 1.807) is 38.8 Å². The first-order valence-electron chi connectivity index (χ1n) is 6.77. The number of benzene rings is 1. The van der Waals surface area contributed by atoms with Crippen LogP contribution in [0.15, 0.2) is 11.0 Å². The second-order valence-electron chi connectivity index (χ2n) is 5.86. The molecule has 118 valence electrons. The lowest BCUT2D eigenvalue weighted by Crippen LogP contribution is -2.31. The first-order chi connectivity index (χ1) is 9.46. The smallest absolute Gasteiger partial charge is 0.261 e. The Morgan fingerprint density at radius 1 is 1.24 bits per heavy atom. The SMILES string of the molecule is Cc1cc(C)c(S(=O)(=O)Cl)c(C)c1C(=O)N(C)CC(C)C. The van der Waals surface area contributed by atoms with Crippen LogP contribution in [0.4, 0.5) is 0 Å². The van der Waals surface area contributed by atoms with Crippen LogP contribution in [0.3, 0.4) is 0 Å². The van der Waals surface area contributed by atoms with Crippen molar-refractivity contribution in [3.05, 3.63) is 28.3 Å². The number of nitrogens with zero attached hydrogens (tertiary/aromatic N) is 1. The first kappa shape index (κ1) is 18.0. The Morgan fingerprint density at radius 2 is 1.76 bits per heavy atom. The normalized spacial score (nSPS) is 11.8. The summed E-state index contributed by atoms with van der Waals surface area (Å²) in [6.45, 7) is 9.77. The zero-order valence-electron chi connectivity index (χ0n) is 13.3. The van der Waals surface area contributed by atoms with Crippen LogP contribution in [-0.4, -0.2) is 32.8 Å². The van der Waals surface area contributed by atoms with E-state index in [-0.39, 0.29) is 10.8 Å². The van der Waals surface area contributed by atoms with Crippen molar-refractivity contribution < 1.29 is 13.2 Å². The van der Waals surface area contributed by atoms with Gasteiger partial charge in [-0.1, -0.05) is 19.9 Å². The van der Waals surface area contributed by atoms with Gasteiger partial charge in [0.25, 0.3) is 15.0 Å². The van der Waals surface area contributed by atoms with Crippen LogP contribution >= 0.6 is 10.7 Å². The van der Waals surface area contributed by atoms with Crippen molar-refractivity contribution in [3.8, 4) is 0 Å². The first-order valence-corrected chi connectivity index (χ1v) is 9.08. The van der Waals surface area contributed by atoms with Crippen LogP contribution in [0.2, 0.25) is 0 Å². The number of hydrogen-bond acceptors (Lipinski definition) is 3. The number of halogens is 1. The molecule has 1 amide bonds. The summed E-state index contributed by atoms with van der Waals surface area (Å²) in [5, 5.41) is 0. The number of rotatable bonds is 4. The van der Waals surface area contributed by atoms with Gasteiger partial charge in [0.05, 0.1) is 4.90 Å². The van der Waals surface area contributed by atoms with Crippen molar-refractivity contribution >= 4 is 25.6 Å². The summed E-state index contributed by atoms with van der Waals surface area (Å²) in [5.41, 5.74) is 2.16. The van der Waals surface area contributed by atoms with Crippen LogP contribution in [-0.2, 0) is 9.05 Å². The molecule has 0 aliphatic carbocycles. The molecule has 0 radical (unpaired) electrons. The largest absolute Gasteiger partial charge is 0.341 e. The van der Waals surface area contributed by atoms with Gasteiger partial charge in [0.15, 0.2) is 0 Å². The molecule has 0 spiro atoms. The van der Waals surface area contributed by atoms with Gasteiger partial charge < -0.3 is 4.90 Å². The quantitative estimate of drug-likeness (QED) is 0.796. The van der Waals surface area contributed by atoms with E-state index in [2.05, 4.69) is 0 Å². The van der Waals surface area contributed by atoms with Crippen molar-refractivity contribution in [2.75, 3.05) is 13.6 Å². The zero-order chi connectivity index (χ0) is 16.5. The highest BCUT2D eigenvalue weighted by Gasteiger charge is 2.25. The molecule has 1 rings (SSSR count). The summed E-state index contributed by atoms with van der Waals surface area (Å²) in [6.07, 6.45) is 0. The maximum atomic E-state index is 12.6. The molecule has 0 aromatic heterocycles. The van der Waals surface area contributed by atoms with E-state index in [0.29, 0.717) is 29.2 Å². The Labute approximate surface area is 131 Å². The van der Waals surface area contributed by atoms with Gasteiger partial charge in [-0.2, -0.15) is 0 Å². The molecule has 0 aliphatic heterocycles. The van der Waals surface area contributed by atoms with Crippen molar-refractivity contribution in [2.24, 2.45) is 5.92 Å². The Kier molecular flexibility index (Phi) is 5.45. The average molecular weight is 332 g/mol. The van der Waals surface area contributed by atoms with E-state index in [0.717, 1.165) is 5.56 Å². The van der Waals surface area contributed by atoms with Crippen LogP contribution in [0.5, 0.6) is 0 Å². The molecule has 4 nitrogen and oxygen atoms in total. The molecule has 1 aromatic rings. The molecule has 21 heavy (non-hydrogen) atoms. The maximum absolute atomic E-state index is 12.6. The van der Waals surface area contributed by atoms with E-state index >= 15 is 0 Å². The monoisotopic (exact) mass is 331 g/mol. The molecule has 0 unspecified atom stereocenters. The number of amides is 1. The van der Waals surface area contributed by atoms with Gasteiger partial charge in [-0.15, -0.1) is 0 Å². The molecule has 0 N–H and O–H groups in total. The predicted molar refractivity (Wildman–Crippen MR) is 85.5 cm³/mol. The molecular weight excluding hydrogens is 310 g/mol. The van der Waals surface area contributed by atoms with Gasteiger partial charge in [-0.25, -0.2) is 8.42 Å². The summed E-state index contributed by atoms with van der Waals surface area (Å²) >= 11 is 0. The second kappa shape index (κ2) is 6.36. The molecule has 0 fully saturated rings. The van der Waals surface area contributed by atoms with Gasteiger partial charge in [-0.3, -0.25) is 4.79 Å². The van der Waals surface area contributed by atoms with Crippen LogP contribution in [0.1, 0.15) is 40.9 Å². The van der Waals surface area contributed by atoms with E-state index in [9.17, 15) is 13.2 Å². The van der Waals surface area contributed by atoms with Crippen molar-refractivity contribution in [2.45, 2.75) is 39.5 Å². The highest BCUT2D eigenvalue weighted by molar-refractivity contribution is 8.13. The third-order valence-electron chi connectivity index (χ3n) is 3.34. The molecule has 0 bridgehead atoms. The molecule has 6 heteroatoms. The van der Waals surface area contributed by atoms with Crippen LogP contribution < -0.4 is 0 Å². The summed E-state index contributed by atoms with van der Waals surface area (Å²) in [4.78, 5) is 14.2. The van der Waals surface area contributed by atoms with Crippen molar-refractivity contribution in [3.63, 3.8) is 0 Å². The summed E-state index contributed by atoms with van der Waals surface area (Å²) in [5.74, 6) is 0.154. The van der Waals surface area contributed by atoms with E-state index in [1.807, 2.05) is 13.8 Å². The fraction of sp³-hybridized carbons (Fsp3) is 0.533. The summed E-state index contributed by atoms with van der Waals surface area (Å²) in [7, 11) is 3.34. The fourth-order valence-electron chi connectivity index (χ4n) is 2.69. The molecule has 1 aromatic carbocycles. The second-order valence-corrected chi connectivity index (χ2v) is 8.36. The molecule has 0 aliphatic rings. The van der Waals surface area contributed by atoms with E-state index in [4.69, 9.17) is 10.7 Å². The lowest BCUT2D eigenvalue weighted by atomic mass is 9.98. The Hall–Kier alpha value is -1.07. The summed E-state index contributed by atoms with van der Waals surface area (Å²) < 4.78 is 23.5. The van der Waals surface area contributed by atoms with Crippen molar-refractivity contribution in [1.29, 1.82) is 0 Å². The number of aryl methyl sites for hydroxylation is 2. The fourth-order valence-corrected chi connectivity index (χ4v) is 4.32. The third kappa shape index (κ3) is 3.98. The van der Waals surface area contributed by atoms with Gasteiger partial charge in [0.1, 0.15) is 0 Å². The van der Waals surface area contributed by atoms with Crippen LogP contribution in [0.25, 0.3) is 0 Å². The number of carbonyl (C=O) groups is 1. The van der Waals surface area contributed by atoms with Gasteiger partial charge in [0.2, 0.25) is 0 Å². The Morgan fingerprint density at radius 3 is 2.19 bits per heavy atom. The third-order valence-corrected chi connectivity index (χ3v) is 4.92. The molecule has 0 heterocycles. The zero-order valence-corrected chi connectivity index (χ0v) is 14.9. The minimum Gasteiger partial charge on any atom is -0.341 e. The highest BCUT2D eigenvalue weighted by Crippen LogP contribution is 2.29. The van der Waals surface area contributed by atoms with Gasteiger partial charge in [-0.05, 0) is 43.4 Å². The van der Waals surface area contributed by atoms with Gasteiger partial charge in [0, 0.05) is 29.8 Å². The maximum Gasteiger partial charge on any atom is 0.261 e. The molecule has 0 saturated carbocycles. The molecule has 0 saturated heterocycles. The minimum absolute atomic E-state index is 0.0380. The Balaban J connectivity index is 3.48. The molecular formula is C15H22ClNO3S. The van der Waals surface area contributed by atoms with E-state index in [1.165, 1.54) is 0 Å². The van der Waals surface area contributed by atoms with E-state index < -0.39 is 9.05 Å². The standard InChI is InChI=1S/C15H22ClNO3S/c1-9(2)8-17(6)15(18)13-10(3)7-11(4)14(12(13)5)21(16,19)20/h7,9H,8H2,1-6H3. The highest BCUT2D eigenvalue weighted by atomic mass is 35.7. The predicted octanol–water partition coefficient (Wildman–Crippen LogP) is 3.27. The molecule has 0 atom stereocenters. The average Bonchev–Trinajstić information content (AvgIpc) is 2.24. The minimum atomic E-state index is -3.88.